The summed E-state index contributed by atoms with van der Waals surface area (Å²) in [7, 11) is 5.20. The van der Waals surface area contributed by atoms with Gasteiger partial charge in [0.25, 0.3) is 0 Å². The molecule has 158 valence electrons. The van der Waals surface area contributed by atoms with Crippen molar-refractivity contribution in [3.63, 3.8) is 0 Å². The number of anilines is 2. The fourth-order valence-corrected chi connectivity index (χ4v) is 4.29. The molecule has 6 nitrogen and oxygen atoms in total. The second-order valence-corrected chi connectivity index (χ2v) is 8.08. The van der Waals surface area contributed by atoms with Crippen LogP contribution in [-0.2, 0) is 7.05 Å². The summed E-state index contributed by atoms with van der Waals surface area (Å²) in [5.74, 6) is 2.07. The maximum Gasteiger partial charge on any atom is 0.208 e. The molecule has 7 heteroatoms. The molecule has 0 unspecified atom stereocenters. The molecule has 0 aliphatic rings. The highest BCUT2D eigenvalue weighted by atomic mass is 79.9. The van der Waals surface area contributed by atoms with Crippen LogP contribution in [0.2, 0.25) is 0 Å². The summed E-state index contributed by atoms with van der Waals surface area (Å²) in [6.45, 7) is 2.01. The molecular weight excluding hydrogens is 458 g/mol. The SMILES string of the molecule is COc1ccc(C=O)c(-c2cccc3nc(Nc4c(C)cc(Br)cc4OC)n(C)c23)c1. The van der Waals surface area contributed by atoms with Crippen LogP contribution in [0.1, 0.15) is 15.9 Å². The van der Waals surface area contributed by atoms with Crippen molar-refractivity contribution in [1.29, 1.82) is 0 Å². The number of hydrogen-bond acceptors (Lipinski definition) is 5. The van der Waals surface area contributed by atoms with Gasteiger partial charge in [0.1, 0.15) is 11.5 Å². The number of ether oxygens (including phenoxy) is 2. The second-order valence-electron chi connectivity index (χ2n) is 7.16. The largest absolute Gasteiger partial charge is 0.497 e. The van der Waals surface area contributed by atoms with Gasteiger partial charge in [-0.1, -0.05) is 28.1 Å². The van der Waals surface area contributed by atoms with Crippen LogP contribution in [-0.4, -0.2) is 30.1 Å². The van der Waals surface area contributed by atoms with Gasteiger partial charge in [-0.05, 0) is 54.4 Å². The Morgan fingerprint density at radius 1 is 1.06 bits per heavy atom. The van der Waals surface area contributed by atoms with Crippen LogP contribution >= 0.6 is 15.9 Å². The maximum atomic E-state index is 11.7. The van der Waals surface area contributed by atoms with Crippen LogP contribution < -0.4 is 14.8 Å². The van der Waals surface area contributed by atoms with Gasteiger partial charge in [0.05, 0.1) is 30.9 Å². The van der Waals surface area contributed by atoms with Crippen molar-refractivity contribution >= 4 is 44.9 Å². The Hall–Kier alpha value is -3.32. The number of rotatable bonds is 6. The number of aromatic nitrogens is 2. The minimum absolute atomic E-state index is 0.592. The summed E-state index contributed by atoms with van der Waals surface area (Å²) >= 11 is 3.51. The molecular formula is C24H22BrN3O3. The maximum absolute atomic E-state index is 11.7. The summed E-state index contributed by atoms with van der Waals surface area (Å²) in [5.41, 5.74) is 5.89. The average molecular weight is 480 g/mol. The van der Waals surface area contributed by atoms with E-state index >= 15 is 0 Å². The van der Waals surface area contributed by atoms with Gasteiger partial charge in [-0.3, -0.25) is 4.79 Å². The van der Waals surface area contributed by atoms with Crippen molar-refractivity contribution in [3.8, 4) is 22.6 Å². The predicted molar refractivity (Wildman–Crippen MR) is 127 cm³/mol. The molecule has 4 aromatic rings. The van der Waals surface area contributed by atoms with E-state index in [-0.39, 0.29) is 0 Å². The van der Waals surface area contributed by atoms with Crippen molar-refractivity contribution in [2.45, 2.75) is 6.92 Å². The van der Waals surface area contributed by atoms with Crippen molar-refractivity contribution in [3.05, 3.63) is 64.1 Å². The topological polar surface area (TPSA) is 65.4 Å². The highest BCUT2D eigenvalue weighted by molar-refractivity contribution is 9.10. The Bertz CT molecular complexity index is 1300. The van der Waals surface area contributed by atoms with Crippen molar-refractivity contribution in [2.75, 3.05) is 19.5 Å². The number of imidazole rings is 1. The molecule has 0 saturated heterocycles. The third kappa shape index (κ3) is 3.77. The van der Waals surface area contributed by atoms with Gasteiger partial charge in [0.15, 0.2) is 6.29 Å². The van der Waals surface area contributed by atoms with Crippen LogP contribution in [0.15, 0.2) is 53.0 Å². The third-order valence-electron chi connectivity index (χ3n) is 5.29. The molecule has 0 saturated carbocycles. The van der Waals surface area contributed by atoms with Gasteiger partial charge in [0.2, 0.25) is 5.95 Å². The average Bonchev–Trinajstić information content (AvgIpc) is 3.10. The first-order valence-corrected chi connectivity index (χ1v) is 10.5. The third-order valence-corrected chi connectivity index (χ3v) is 5.75. The molecule has 0 aliphatic heterocycles. The minimum Gasteiger partial charge on any atom is -0.497 e. The number of fused-ring (bicyclic) bond motifs is 1. The fraction of sp³-hybridized carbons (Fsp3) is 0.167. The fourth-order valence-electron chi connectivity index (χ4n) is 3.74. The number of nitrogens with one attached hydrogen (secondary N) is 1. The van der Waals surface area contributed by atoms with E-state index in [1.54, 1.807) is 26.4 Å². The number of para-hydroxylation sites is 1. The Kier molecular flexibility index (Phi) is 5.69. The Labute approximate surface area is 188 Å². The monoisotopic (exact) mass is 479 g/mol. The Balaban J connectivity index is 1.89. The van der Waals surface area contributed by atoms with E-state index in [1.165, 1.54) is 0 Å². The van der Waals surface area contributed by atoms with Gasteiger partial charge < -0.3 is 19.4 Å². The highest BCUT2D eigenvalue weighted by Crippen LogP contribution is 2.37. The summed E-state index contributed by atoms with van der Waals surface area (Å²) < 4.78 is 13.9. The standard InChI is InChI=1S/C24H22BrN3O3/c1-14-10-16(25)11-21(31-4)22(14)27-24-26-20-7-5-6-18(23(20)28(24)2)19-12-17(30-3)9-8-15(19)13-29/h5-13H,1-4H3,(H,26,27). The van der Waals surface area contributed by atoms with E-state index in [9.17, 15) is 4.79 Å². The summed E-state index contributed by atoms with van der Waals surface area (Å²) in [6, 6.07) is 15.2. The number of hydrogen-bond donors (Lipinski definition) is 1. The molecule has 1 heterocycles. The lowest BCUT2D eigenvalue weighted by molar-refractivity contribution is 0.112. The van der Waals surface area contributed by atoms with Crippen molar-refractivity contribution in [1.82, 2.24) is 9.55 Å². The van der Waals surface area contributed by atoms with Gasteiger partial charge in [-0.15, -0.1) is 0 Å². The van der Waals surface area contributed by atoms with Gasteiger partial charge in [0, 0.05) is 22.6 Å². The molecule has 3 aromatic carbocycles. The van der Waals surface area contributed by atoms with Crippen LogP contribution in [0.3, 0.4) is 0 Å². The first-order chi connectivity index (χ1) is 15.0. The zero-order valence-electron chi connectivity index (χ0n) is 17.7. The molecule has 0 radical (unpaired) electrons. The molecule has 31 heavy (non-hydrogen) atoms. The van der Waals surface area contributed by atoms with E-state index in [2.05, 4.69) is 21.2 Å². The van der Waals surface area contributed by atoms with Crippen LogP contribution in [0.5, 0.6) is 11.5 Å². The summed E-state index contributed by atoms with van der Waals surface area (Å²) in [6.07, 6.45) is 0.860. The van der Waals surface area contributed by atoms with E-state index in [1.807, 2.05) is 54.9 Å². The van der Waals surface area contributed by atoms with Crippen LogP contribution in [0, 0.1) is 6.92 Å². The molecule has 0 amide bonds. The highest BCUT2D eigenvalue weighted by Gasteiger charge is 2.17. The van der Waals surface area contributed by atoms with Crippen molar-refractivity contribution in [2.24, 2.45) is 7.05 Å². The first-order valence-electron chi connectivity index (χ1n) is 9.67. The zero-order valence-corrected chi connectivity index (χ0v) is 19.3. The number of carbonyl (C=O) groups is 1. The molecule has 1 N–H and O–H groups in total. The lowest BCUT2D eigenvalue weighted by atomic mass is 9.98. The predicted octanol–water partition coefficient (Wildman–Crippen LogP) is 5.88. The number of aldehydes is 1. The van der Waals surface area contributed by atoms with E-state index in [0.717, 1.165) is 49.9 Å². The lowest BCUT2D eigenvalue weighted by Gasteiger charge is -2.15. The summed E-state index contributed by atoms with van der Waals surface area (Å²) in [5, 5.41) is 3.42. The van der Waals surface area contributed by atoms with Gasteiger partial charge in [-0.25, -0.2) is 4.98 Å². The smallest absolute Gasteiger partial charge is 0.208 e. The molecule has 0 bridgehead atoms. The van der Waals surface area contributed by atoms with Crippen molar-refractivity contribution < 1.29 is 14.3 Å². The van der Waals surface area contributed by atoms with E-state index in [4.69, 9.17) is 14.5 Å². The zero-order chi connectivity index (χ0) is 22.1. The Morgan fingerprint density at radius 3 is 2.58 bits per heavy atom. The quantitative estimate of drug-likeness (QED) is 0.349. The van der Waals surface area contributed by atoms with Gasteiger partial charge in [-0.2, -0.15) is 0 Å². The van der Waals surface area contributed by atoms with E-state index in [0.29, 0.717) is 17.3 Å². The first kappa shape index (κ1) is 20.9. The molecule has 0 spiro atoms. The second kappa shape index (κ2) is 8.43. The Morgan fingerprint density at radius 2 is 1.87 bits per heavy atom. The van der Waals surface area contributed by atoms with Crippen LogP contribution in [0.25, 0.3) is 22.2 Å². The molecule has 0 aliphatic carbocycles. The molecule has 0 fully saturated rings. The number of carbonyl (C=O) groups excluding carboxylic acids is 1. The number of nitrogens with zero attached hydrogens (tertiary/aromatic N) is 2. The number of benzene rings is 3. The van der Waals surface area contributed by atoms with Crippen LogP contribution in [0.4, 0.5) is 11.6 Å². The van der Waals surface area contributed by atoms with Gasteiger partial charge >= 0.3 is 0 Å². The molecule has 4 rings (SSSR count). The number of aryl methyl sites for hydroxylation is 2. The normalized spacial score (nSPS) is 10.9. The number of halogens is 1. The molecule has 1 aromatic heterocycles. The molecule has 0 atom stereocenters. The summed E-state index contributed by atoms with van der Waals surface area (Å²) in [4.78, 5) is 16.5. The number of methoxy groups -OCH3 is 2. The van der Waals surface area contributed by atoms with E-state index < -0.39 is 0 Å². The lowest BCUT2D eigenvalue weighted by Crippen LogP contribution is -2.03. The minimum atomic E-state index is 0.592.